The molecule has 0 fully saturated rings. The van der Waals surface area contributed by atoms with Crippen LogP contribution in [0.3, 0.4) is 0 Å². The van der Waals surface area contributed by atoms with Crippen LogP contribution in [0.4, 0.5) is 0 Å². The molecule has 0 aromatic heterocycles. The number of unbranched alkanes of at least 4 members (excludes halogenated alkanes) is 50. The van der Waals surface area contributed by atoms with Gasteiger partial charge in [-0.15, -0.1) is 0 Å². The Kier molecular flexibility index (Phi) is 69.6. The fourth-order valence-corrected chi connectivity index (χ4v) is 11.3. The lowest BCUT2D eigenvalue weighted by Gasteiger charge is -2.18. The third-order valence-electron chi connectivity index (χ3n) is 16.8. The first-order valence-corrected chi connectivity index (χ1v) is 37.1. The molecule has 6 nitrogen and oxygen atoms in total. The quantitative estimate of drug-likeness (QED) is 0.0261. The van der Waals surface area contributed by atoms with Crippen LogP contribution < -0.4 is 0 Å². The standard InChI is InChI=1S/C77H142O6/c1-4-7-10-13-16-19-22-25-28-30-32-33-34-35-36-37-38-39-40-41-42-43-45-46-49-52-55-58-61-64-67-70-76(79)82-73-74(72-81-75(78)69-66-63-60-57-54-51-48-27-24-21-18-15-12-9-6-3)83-77(80)71-68-65-62-59-56-53-50-47-44-31-29-26-23-20-17-14-11-8-5-2/h7,10,16,19,25,28,32-33,74H,4-6,8-9,11-15,17-18,20-24,26-27,29-31,34-73H2,1-3H3/b10-7-,19-16-,28-25-,33-32-. The van der Waals surface area contributed by atoms with E-state index < -0.39 is 6.10 Å². The van der Waals surface area contributed by atoms with Crippen molar-refractivity contribution < 1.29 is 28.6 Å². The zero-order valence-electron chi connectivity index (χ0n) is 56.0. The second-order valence-electron chi connectivity index (χ2n) is 25.2. The summed E-state index contributed by atoms with van der Waals surface area (Å²) in [7, 11) is 0. The molecule has 0 aliphatic carbocycles. The largest absolute Gasteiger partial charge is 0.462 e. The molecule has 0 aliphatic rings. The summed E-state index contributed by atoms with van der Waals surface area (Å²) in [4.78, 5) is 38.5. The molecule has 0 aromatic rings. The number of esters is 3. The Bertz CT molecular complexity index is 1430. The van der Waals surface area contributed by atoms with E-state index in [1.54, 1.807) is 0 Å². The molecule has 0 heterocycles. The topological polar surface area (TPSA) is 78.9 Å². The number of carbonyl (C=O) groups excluding carboxylic acids is 3. The maximum absolute atomic E-state index is 13.0. The van der Waals surface area contributed by atoms with Crippen molar-refractivity contribution in [2.75, 3.05) is 13.2 Å². The van der Waals surface area contributed by atoms with Crippen LogP contribution in [0.15, 0.2) is 48.6 Å². The summed E-state index contributed by atoms with van der Waals surface area (Å²) >= 11 is 0. The monoisotopic (exact) mass is 1160 g/mol. The van der Waals surface area contributed by atoms with Crippen LogP contribution in [0.1, 0.15) is 406 Å². The summed E-state index contributed by atoms with van der Waals surface area (Å²) in [5.74, 6) is -0.829. The average molecular weight is 1160 g/mol. The van der Waals surface area contributed by atoms with Crippen LogP contribution in [-0.2, 0) is 28.6 Å². The minimum atomic E-state index is -0.768. The van der Waals surface area contributed by atoms with Gasteiger partial charge in [-0.25, -0.2) is 0 Å². The van der Waals surface area contributed by atoms with Crippen molar-refractivity contribution >= 4 is 17.9 Å². The third kappa shape index (κ3) is 70.0. The van der Waals surface area contributed by atoms with Crippen molar-refractivity contribution in [1.29, 1.82) is 0 Å². The average Bonchev–Trinajstić information content (AvgIpc) is 3.49. The lowest BCUT2D eigenvalue weighted by molar-refractivity contribution is -0.167. The maximum Gasteiger partial charge on any atom is 0.306 e. The molecule has 0 aliphatic heterocycles. The molecule has 6 heteroatoms. The van der Waals surface area contributed by atoms with E-state index in [-0.39, 0.29) is 31.1 Å². The molecule has 1 atom stereocenters. The minimum Gasteiger partial charge on any atom is -0.462 e. The van der Waals surface area contributed by atoms with E-state index in [0.717, 1.165) is 83.5 Å². The fraction of sp³-hybridized carbons (Fsp3) is 0.857. The van der Waals surface area contributed by atoms with Crippen LogP contribution in [0.2, 0.25) is 0 Å². The van der Waals surface area contributed by atoms with E-state index in [1.165, 1.54) is 283 Å². The Morgan fingerprint density at radius 1 is 0.253 bits per heavy atom. The zero-order valence-corrected chi connectivity index (χ0v) is 56.0. The van der Waals surface area contributed by atoms with Crippen LogP contribution in [-0.4, -0.2) is 37.2 Å². The Morgan fingerprint density at radius 3 is 0.735 bits per heavy atom. The van der Waals surface area contributed by atoms with E-state index in [2.05, 4.69) is 69.4 Å². The molecule has 0 aromatic carbocycles. The summed E-state index contributed by atoms with van der Waals surface area (Å²) in [6.07, 6.45) is 91.5. The van der Waals surface area contributed by atoms with E-state index >= 15 is 0 Å². The molecule has 0 spiro atoms. The summed E-state index contributed by atoms with van der Waals surface area (Å²) in [5.41, 5.74) is 0. The highest BCUT2D eigenvalue weighted by Gasteiger charge is 2.20. The lowest BCUT2D eigenvalue weighted by atomic mass is 10.0. The molecule has 0 rings (SSSR count). The Hall–Kier alpha value is -2.63. The number of hydrogen-bond donors (Lipinski definition) is 0. The Labute approximate surface area is 518 Å². The molecule has 0 N–H and O–H groups in total. The van der Waals surface area contributed by atoms with Gasteiger partial charge in [0.2, 0.25) is 0 Å². The van der Waals surface area contributed by atoms with Crippen LogP contribution >= 0.6 is 0 Å². The predicted molar refractivity (Wildman–Crippen MR) is 362 cm³/mol. The molecule has 0 amide bonds. The molecule has 0 radical (unpaired) electrons. The van der Waals surface area contributed by atoms with Gasteiger partial charge < -0.3 is 14.2 Å². The number of hydrogen-bond acceptors (Lipinski definition) is 6. The molecule has 83 heavy (non-hydrogen) atoms. The highest BCUT2D eigenvalue weighted by Crippen LogP contribution is 2.19. The number of rotatable bonds is 69. The summed E-state index contributed by atoms with van der Waals surface area (Å²) in [6.45, 7) is 6.61. The van der Waals surface area contributed by atoms with E-state index in [1.807, 2.05) is 0 Å². The second kappa shape index (κ2) is 71.8. The first-order valence-electron chi connectivity index (χ1n) is 37.1. The van der Waals surface area contributed by atoms with E-state index in [9.17, 15) is 14.4 Å². The van der Waals surface area contributed by atoms with Gasteiger partial charge in [-0.3, -0.25) is 14.4 Å². The molecule has 0 saturated carbocycles. The summed E-state index contributed by atoms with van der Waals surface area (Å²) in [6, 6.07) is 0. The van der Waals surface area contributed by atoms with Gasteiger partial charge in [0.25, 0.3) is 0 Å². The van der Waals surface area contributed by atoms with Gasteiger partial charge in [-0.05, 0) is 57.8 Å². The van der Waals surface area contributed by atoms with Gasteiger partial charge in [-0.2, -0.15) is 0 Å². The van der Waals surface area contributed by atoms with Gasteiger partial charge in [-0.1, -0.05) is 378 Å². The van der Waals surface area contributed by atoms with E-state index in [4.69, 9.17) is 14.2 Å². The Balaban J connectivity index is 4.18. The van der Waals surface area contributed by atoms with Crippen molar-refractivity contribution in [3.63, 3.8) is 0 Å². The molecule has 0 saturated heterocycles. The maximum atomic E-state index is 13.0. The first kappa shape index (κ1) is 80.4. The SMILES string of the molecule is CC/C=C\C/C=C\C/C=C\C/C=C\CCCCCCCCCCCCCCCCCCCCC(=O)OCC(COC(=O)CCCCCCCCCCCCCCCCC)OC(=O)CCCCCCCCCCCCCCCCCCCCC. The van der Waals surface area contributed by atoms with Crippen LogP contribution in [0.25, 0.3) is 0 Å². The Morgan fingerprint density at radius 2 is 0.470 bits per heavy atom. The van der Waals surface area contributed by atoms with Crippen molar-refractivity contribution in [2.45, 2.75) is 412 Å². The molecule has 486 valence electrons. The zero-order chi connectivity index (χ0) is 59.9. The number of carbonyl (C=O) groups is 3. The molecule has 0 bridgehead atoms. The van der Waals surface area contributed by atoms with Crippen molar-refractivity contribution in [3.8, 4) is 0 Å². The van der Waals surface area contributed by atoms with Crippen LogP contribution in [0, 0.1) is 0 Å². The lowest BCUT2D eigenvalue weighted by Crippen LogP contribution is -2.30. The second-order valence-corrected chi connectivity index (χ2v) is 25.2. The highest BCUT2D eigenvalue weighted by molar-refractivity contribution is 5.71. The van der Waals surface area contributed by atoms with Crippen LogP contribution in [0.5, 0.6) is 0 Å². The van der Waals surface area contributed by atoms with Gasteiger partial charge in [0, 0.05) is 19.3 Å². The minimum absolute atomic E-state index is 0.0644. The van der Waals surface area contributed by atoms with Gasteiger partial charge in [0.1, 0.15) is 13.2 Å². The van der Waals surface area contributed by atoms with Crippen molar-refractivity contribution in [1.82, 2.24) is 0 Å². The highest BCUT2D eigenvalue weighted by atomic mass is 16.6. The van der Waals surface area contributed by atoms with Gasteiger partial charge in [0.15, 0.2) is 6.10 Å². The number of ether oxygens (including phenoxy) is 3. The smallest absolute Gasteiger partial charge is 0.306 e. The summed E-state index contributed by atoms with van der Waals surface area (Å²) in [5, 5.41) is 0. The predicted octanol–water partition coefficient (Wildman–Crippen LogP) is 25.7. The fourth-order valence-electron chi connectivity index (χ4n) is 11.3. The van der Waals surface area contributed by atoms with E-state index in [0.29, 0.717) is 19.3 Å². The third-order valence-corrected chi connectivity index (χ3v) is 16.8. The first-order chi connectivity index (χ1) is 41.0. The normalized spacial score (nSPS) is 12.3. The molecular weight excluding hydrogens is 1020 g/mol. The molecular formula is C77H142O6. The summed E-state index contributed by atoms with van der Waals surface area (Å²) < 4.78 is 17.0. The van der Waals surface area contributed by atoms with Gasteiger partial charge in [0.05, 0.1) is 0 Å². The number of allylic oxidation sites excluding steroid dienone is 8. The molecule has 1 unspecified atom stereocenters. The van der Waals surface area contributed by atoms with Crippen molar-refractivity contribution in [3.05, 3.63) is 48.6 Å². The van der Waals surface area contributed by atoms with Crippen molar-refractivity contribution in [2.24, 2.45) is 0 Å². The van der Waals surface area contributed by atoms with Gasteiger partial charge >= 0.3 is 17.9 Å².